The number of nitrogens with zero attached hydrogens (tertiary/aromatic N) is 2. The summed E-state index contributed by atoms with van der Waals surface area (Å²) >= 11 is 0. The van der Waals surface area contributed by atoms with Crippen LogP contribution >= 0.6 is 0 Å². The summed E-state index contributed by atoms with van der Waals surface area (Å²) in [5, 5.41) is 0.420. The van der Waals surface area contributed by atoms with Crippen molar-refractivity contribution in [3.05, 3.63) is 35.0 Å². The molecular formula is C20H18N2O8. The Bertz CT molecular complexity index is 983. The smallest absolute Gasteiger partial charge is 0.334 e. The van der Waals surface area contributed by atoms with Crippen LogP contribution in [0.2, 0.25) is 0 Å². The van der Waals surface area contributed by atoms with Gasteiger partial charge >= 0.3 is 5.97 Å². The first-order chi connectivity index (χ1) is 14.4. The standard InChI is InChI=1S/C20H18N2O8/c1-11-14(9-23)13(7-19(26)30-22-17(24)4-5-18(22)25)20(27)21(11)8-12-2-3-15-16(6-12)29-10-28-15/h2-3,6,9,13H,4-5,7-8,10H2,1H3. The molecule has 4 rings (SSSR count). The van der Waals surface area contributed by atoms with Gasteiger partial charge in [0.25, 0.3) is 11.8 Å². The number of benzene rings is 1. The van der Waals surface area contributed by atoms with Crippen molar-refractivity contribution >= 4 is 30.0 Å². The van der Waals surface area contributed by atoms with E-state index in [-0.39, 0.29) is 31.8 Å². The summed E-state index contributed by atoms with van der Waals surface area (Å²) in [6, 6.07) is 5.26. The SMILES string of the molecule is CC1=C(C=O)C(CC(=O)ON2C(=O)CCC2=O)C(=O)N1Cc1ccc2c(c1)OCO2. The first kappa shape index (κ1) is 19.6. The number of amides is 3. The van der Waals surface area contributed by atoms with E-state index in [9.17, 15) is 24.0 Å². The Morgan fingerprint density at radius 3 is 2.57 bits per heavy atom. The molecule has 0 spiro atoms. The average molecular weight is 414 g/mol. The normalized spacial score (nSPS) is 20.4. The fourth-order valence-corrected chi connectivity index (χ4v) is 3.64. The first-order valence-corrected chi connectivity index (χ1v) is 9.31. The Morgan fingerprint density at radius 2 is 1.87 bits per heavy atom. The Hall–Kier alpha value is -3.69. The quantitative estimate of drug-likeness (QED) is 0.496. The van der Waals surface area contributed by atoms with Crippen molar-refractivity contribution < 1.29 is 38.3 Å². The molecule has 0 N–H and O–H groups in total. The van der Waals surface area contributed by atoms with Crippen LogP contribution in [0.15, 0.2) is 29.5 Å². The number of hydrogen-bond acceptors (Lipinski definition) is 8. The van der Waals surface area contributed by atoms with E-state index in [1.54, 1.807) is 25.1 Å². The molecule has 1 aromatic carbocycles. The highest BCUT2D eigenvalue weighted by molar-refractivity contribution is 6.02. The van der Waals surface area contributed by atoms with E-state index in [0.29, 0.717) is 28.5 Å². The lowest BCUT2D eigenvalue weighted by Gasteiger charge is -2.20. The lowest BCUT2D eigenvalue weighted by Crippen LogP contribution is -2.34. The molecule has 3 aliphatic heterocycles. The Labute approximate surface area is 170 Å². The highest BCUT2D eigenvalue weighted by atomic mass is 16.7. The van der Waals surface area contributed by atoms with Crippen LogP contribution in [0.1, 0.15) is 31.7 Å². The van der Waals surface area contributed by atoms with Gasteiger partial charge in [-0.3, -0.25) is 19.2 Å². The number of imide groups is 1. The van der Waals surface area contributed by atoms with Crippen molar-refractivity contribution in [2.75, 3.05) is 6.79 Å². The summed E-state index contributed by atoms with van der Waals surface area (Å²) in [4.78, 5) is 66.2. The van der Waals surface area contributed by atoms with E-state index in [2.05, 4.69) is 0 Å². The van der Waals surface area contributed by atoms with Gasteiger partial charge in [0.1, 0.15) is 6.29 Å². The zero-order valence-corrected chi connectivity index (χ0v) is 16.1. The third-order valence-electron chi connectivity index (χ3n) is 5.24. The van der Waals surface area contributed by atoms with Crippen molar-refractivity contribution in [2.24, 2.45) is 5.92 Å². The number of allylic oxidation sites excluding steroid dienone is 1. The number of ether oxygens (including phenoxy) is 2. The number of hydrogen-bond donors (Lipinski definition) is 0. The second kappa shape index (κ2) is 7.62. The van der Waals surface area contributed by atoms with Gasteiger partial charge in [0.2, 0.25) is 12.7 Å². The monoisotopic (exact) mass is 414 g/mol. The van der Waals surface area contributed by atoms with E-state index >= 15 is 0 Å². The maximum Gasteiger partial charge on any atom is 0.334 e. The van der Waals surface area contributed by atoms with Crippen molar-refractivity contribution in [3.8, 4) is 11.5 Å². The number of carbonyl (C=O) groups excluding carboxylic acids is 5. The van der Waals surface area contributed by atoms with Crippen LogP contribution in [0, 0.1) is 5.92 Å². The van der Waals surface area contributed by atoms with Gasteiger partial charge in [-0.15, -0.1) is 5.06 Å². The van der Waals surface area contributed by atoms with E-state index in [0.717, 1.165) is 5.56 Å². The molecule has 0 saturated carbocycles. The van der Waals surface area contributed by atoms with E-state index in [4.69, 9.17) is 14.3 Å². The zero-order chi connectivity index (χ0) is 21.4. The van der Waals surface area contributed by atoms with E-state index in [1.165, 1.54) is 4.90 Å². The predicted molar refractivity (Wildman–Crippen MR) is 97.2 cm³/mol. The molecule has 30 heavy (non-hydrogen) atoms. The van der Waals surface area contributed by atoms with Crippen molar-refractivity contribution in [2.45, 2.75) is 32.7 Å². The van der Waals surface area contributed by atoms with E-state index in [1.807, 2.05) is 0 Å². The Kier molecular flexibility index (Phi) is 4.98. The lowest BCUT2D eigenvalue weighted by atomic mass is 9.98. The molecule has 10 heteroatoms. The van der Waals surface area contributed by atoms with Crippen LogP contribution in [0.3, 0.4) is 0 Å². The van der Waals surface area contributed by atoms with Crippen molar-refractivity contribution in [1.82, 2.24) is 9.96 Å². The first-order valence-electron chi connectivity index (χ1n) is 9.31. The fourth-order valence-electron chi connectivity index (χ4n) is 3.64. The summed E-state index contributed by atoms with van der Waals surface area (Å²) in [7, 11) is 0. The van der Waals surface area contributed by atoms with Gasteiger partial charge in [-0.05, 0) is 24.6 Å². The number of carbonyl (C=O) groups is 5. The highest BCUT2D eigenvalue weighted by Crippen LogP contribution is 2.36. The second-order valence-electron chi connectivity index (χ2n) is 7.07. The molecule has 1 aromatic rings. The van der Waals surface area contributed by atoms with Crippen LogP contribution in [0.25, 0.3) is 0 Å². The molecule has 3 heterocycles. The summed E-state index contributed by atoms with van der Waals surface area (Å²) in [5.41, 5.74) is 1.35. The maximum atomic E-state index is 12.9. The molecule has 1 unspecified atom stereocenters. The number of aldehydes is 1. The van der Waals surface area contributed by atoms with Gasteiger partial charge in [-0.1, -0.05) is 6.07 Å². The summed E-state index contributed by atoms with van der Waals surface area (Å²) in [5.74, 6) is -2.47. The summed E-state index contributed by atoms with van der Waals surface area (Å²) in [6.45, 7) is 1.92. The molecule has 0 aromatic heterocycles. The number of hydroxylamine groups is 2. The Balaban J connectivity index is 1.47. The predicted octanol–water partition coefficient (Wildman–Crippen LogP) is 0.844. The molecule has 156 valence electrons. The van der Waals surface area contributed by atoms with E-state index < -0.39 is 36.0 Å². The third-order valence-corrected chi connectivity index (χ3v) is 5.24. The second-order valence-corrected chi connectivity index (χ2v) is 7.07. The van der Waals surface area contributed by atoms with Gasteiger partial charge in [-0.25, -0.2) is 4.79 Å². The minimum absolute atomic E-state index is 0.0314. The van der Waals surface area contributed by atoms with Gasteiger partial charge in [0, 0.05) is 24.1 Å². The van der Waals surface area contributed by atoms with Crippen LogP contribution in [-0.4, -0.2) is 46.7 Å². The lowest BCUT2D eigenvalue weighted by molar-refractivity contribution is -0.198. The molecule has 10 nitrogen and oxygen atoms in total. The number of rotatable bonds is 6. The van der Waals surface area contributed by atoms with Gasteiger partial charge < -0.3 is 19.2 Å². The molecule has 0 aliphatic carbocycles. The third kappa shape index (κ3) is 3.40. The number of fused-ring (bicyclic) bond motifs is 1. The molecule has 1 atom stereocenters. The van der Waals surface area contributed by atoms with Gasteiger partial charge in [-0.2, -0.15) is 0 Å². The topological polar surface area (TPSA) is 120 Å². The molecule has 0 radical (unpaired) electrons. The highest BCUT2D eigenvalue weighted by Gasteiger charge is 2.41. The minimum Gasteiger partial charge on any atom is -0.454 e. The zero-order valence-electron chi connectivity index (χ0n) is 16.1. The van der Waals surface area contributed by atoms with Crippen LogP contribution in [-0.2, 0) is 35.4 Å². The molecule has 3 amide bonds. The van der Waals surface area contributed by atoms with Crippen molar-refractivity contribution in [3.63, 3.8) is 0 Å². The molecule has 0 bridgehead atoms. The molecule has 1 saturated heterocycles. The molecule has 3 aliphatic rings. The largest absolute Gasteiger partial charge is 0.454 e. The van der Waals surface area contributed by atoms with Gasteiger partial charge in [0.05, 0.1) is 18.9 Å². The average Bonchev–Trinajstić information content (AvgIpc) is 3.37. The van der Waals surface area contributed by atoms with Crippen LogP contribution in [0.4, 0.5) is 0 Å². The summed E-state index contributed by atoms with van der Waals surface area (Å²) < 4.78 is 10.6. The van der Waals surface area contributed by atoms with Crippen molar-refractivity contribution in [1.29, 1.82) is 0 Å². The fraction of sp³-hybridized carbons (Fsp3) is 0.350. The van der Waals surface area contributed by atoms with Gasteiger partial charge in [0.15, 0.2) is 11.5 Å². The summed E-state index contributed by atoms with van der Waals surface area (Å²) in [6.07, 6.45) is 0.0166. The van der Waals surface area contributed by atoms with Crippen LogP contribution < -0.4 is 9.47 Å². The Morgan fingerprint density at radius 1 is 1.17 bits per heavy atom. The molecule has 1 fully saturated rings. The molecular weight excluding hydrogens is 396 g/mol. The maximum absolute atomic E-state index is 12.9. The van der Waals surface area contributed by atoms with Crippen LogP contribution in [0.5, 0.6) is 11.5 Å². The minimum atomic E-state index is -1.04.